The van der Waals surface area contributed by atoms with Gasteiger partial charge in [0.25, 0.3) is 0 Å². The van der Waals surface area contributed by atoms with Crippen molar-refractivity contribution in [1.29, 1.82) is 5.26 Å². The van der Waals surface area contributed by atoms with Crippen LogP contribution in [0.1, 0.15) is 11.7 Å². The highest BCUT2D eigenvalue weighted by Crippen LogP contribution is 2.27. The largest absolute Gasteiger partial charge is 0.394 e. The van der Waals surface area contributed by atoms with E-state index in [1.165, 1.54) is 0 Å². The summed E-state index contributed by atoms with van der Waals surface area (Å²) in [7, 11) is 0. The number of hydrogen-bond donors (Lipinski definition) is 4. The summed E-state index contributed by atoms with van der Waals surface area (Å²) in [5, 5.41) is 47.5. The zero-order valence-electron chi connectivity index (χ0n) is 11.1. The van der Waals surface area contributed by atoms with Crippen LogP contribution in [0.15, 0.2) is 30.3 Å². The lowest BCUT2D eigenvalue weighted by atomic mass is 9.99. The lowest BCUT2D eigenvalue weighted by molar-refractivity contribution is -0.307. The predicted molar refractivity (Wildman–Crippen MR) is 69.6 cm³/mol. The first-order chi connectivity index (χ1) is 10.1. The summed E-state index contributed by atoms with van der Waals surface area (Å²) in [6.45, 7) is -0.548. The molecule has 1 unspecified atom stereocenters. The maximum atomic E-state index is 9.86. The highest BCUT2D eigenvalue weighted by Gasteiger charge is 2.44. The Morgan fingerprint density at radius 2 is 1.81 bits per heavy atom. The number of rotatable bonds is 4. The number of benzene rings is 1. The average Bonchev–Trinajstić information content (AvgIpc) is 2.53. The van der Waals surface area contributed by atoms with Crippen LogP contribution in [0.25, 0.3) is 0 Å². The standard InChI is InChI=1S/C14H17NO6/c15-6-9(8-4-2-1-3-5-8)20-14-13(19)12(18)11(17)10(7-16)21-14/h1-5,9-14,16-19H,7H2/t9?,10-,11+,12+,13-,14-/m1/s1. The normalized spacial score (nSPS) is 34.1. The lowest BCUT2D eigenvalue weighted by Crippen LogP contribution is -2.59. The summed E-state index contributed by atoms with van der Waals surface area (Å²) >= 11 is 0. The SMILES string of the molecule is N#CC(O[C@@H]1O[C@H](CO)[C@H](O)[C@H](O)[C@H]1O)c1ccccc1. The van der Waals surface area contributed by atoms with E-state index in [4.69, 9.17) is 19.8 Å². The van der Waals surface area contributed by atoms with E-state index in [9.17, 15) is 15.3 Å². The molecule has 0 spiro atoms. The van der Waals surface area contributed by atoms with Gasteiger partial charge < -0.3 is 29.9 Å². The van der Waals surface area contributed by atoms with E-state index in [0.29, 0.717) is 5.56 Å². The summed E-state index contributed by atoms with van der Waals surface area (Å²) < 4.78 is 10.6. The van der Waals surface area contributed by atoms with Gasteiger partial charge in [0.15, 0.2) is 12.4 Å². The molecule has 1 fully saturated rings. The van der Waals surface area contributed by atoms with Gasteiger partial charge in [0.2, 0.25) is 0 Å². The molecule has 1 heterocycles. The Hall–Kier alpha value is -1.53. The smallest absolute Gasteiger partial charge is 0.188 e. The third-order valence-electron chi connectivity index (χ3n) is 3.34. The van der Waals surface area contributed by atoms with Crippen LogP contribution in [0.5, 0.6) is 0 Å². The molecular formula is C14H17NO6. The van der Waals surface area contributed by atoms with Crippen LogP contribution in [-0.2, 0) is 9.47 Å². The van der Waals surface area contributed by atoms with Crippen molar-refractivity contribution in [3.63, 3.8) is 0 Å². The van der Waals surface area contributed by atoms with E-state index >= 15 is 0 Å². The van der Waals surface area contributed by atoms with Crippen molar-refractivity contribution < 1.29 is 29.9 Å². The van der Waals surface area contributed by atoms with E-state index in [-0.39, 0.29) is 0 Å². The molecule has 6 atom stereocenters. The summed E-state index contributed by atoms with van der Waals surface area (Å²) in [6, 6.07) is 10.5. The second-order valence-electron chi connectivity index (χ2n) is 4.75. The topological polar surface area (TPSA) is 123 Å². The van der Waals surface area contributed by atoms with Gasteiger partial charge >= 0.3 is 0 Å². The van der Waals surface area contributed by atoms with Crippen LogP contribution in [0.3, 0.4) is 0 Å². The molecule has 0 saturated carbocycles. The van der Waals surface area contributed by atoms with Gasteiger partial charge in [-0.3, -0.25) is 0 Å². The fourth-order valence-electron chi connectivity index (χ4n) is 2.13. The molecule has 7 heteroatoms. The highest BCUT2D eigenvalue weighted by molar-refractivity contribution is 5.22. The zero-order valence-corrected chi connectivity index (χ0v) is 11.1. The Morgan fingerprint density at radius 3 is 2.38 bits per heavy atom. The molecule has 114 valence electrons. The van der Waals surface area contributed by atoms with Crippen molar-refractivity contribution in [2.75, 3.05) is 6.61 Å². The van der Waals surface area contributed by atoms with Crippen LogP contribution < -0.4 is 0 Å². The molecule has 1 aromatic carbocycles. The Labute approximate surface area is 121 Å². The average molecular weight is 295 g/mol. The molecule has 1 aromatic rings. The quantitative estimate of drug-likeness (QED) is 0.565. The number of hydrogen-bond acceptors (Lipinski definition) is 7. The van der Waals surface area contributed by atoms with Gasteiger partial charge in [-0.25, -0.2) is 0 Å². The first-order valence-corrected chi connectivity index (χ1v) is 6.49. The summed E-state index contributed by atoms with van der Waals surface area (Å²) in [4.78, 5) is 0. The second kappa shape index (κ2) is 6.95. The molecule has 1 aliphatic heterocycles. The molecule has 21 heavy (non-hydrogen) atoms. The molecule has 1 saturated heterocycles. The lowest BCUT2D eigenvalue weighted by Gasteiger charge is -2.40. The van der Waals surface area contributed by atoms with Crippen LogP contribution in [-0.4, -0.2) is 57.7 Å². The molecule has 2 rings (SSSR count). The van der Waals surface area contributed by atoms with Gasteiger partial charge in [-0.05, 0) is 5.56 Å². The number of aliphatic hydroxyl groups is 4. The molecule has 1 aliphatic rings. The van der Waals surface area contributed by atoms with Crippen molar-refractivity contribution in [3.05, 3.63) is 35.9 Å². The first kappa shape index (κ1) is 15.9. The Balaban J connectivity index is 2.12. The second-order valence-corrected chi connectivity index (χ2v) is 4.75. The zero-order chi connectivity index (χ0) is 15.4. The van der Waals surface area contributed by atoms with E-state index in [0.717, 1.165) is 0 Å². The van der Waals surface area contributed by atoms with E-state index in [2.05, 4.69) is 0 Å². The van der Waals surface area contributed by atoms with Gasteiger partial charge in [-0.1, -0.05) is 30.3 Å². The molecule has 0 amide bonds. The maximum absolute atomic E-state index is 9.86. The highest BCUT2D eigenvalue weighted by atomic mass is 16.7. The van der Waals surface area contributed by atoms with Crippen LogP contribution in [0.4, 0.5) is 0 Å². The fourth-order valence-corrected chi connectivity index (χ4v) is 2.13. The molecule has 7 nitrogen and oxygen atoms in total. The van der Waals surface area contributed by atoms with Gasteiger partial charge in [0, 0.05) is 0 Å². The molecule has 0 bridgehead atoms. The summed E-state index contributed by atoms with van der Waals surface area (Å²) in [6.07, 6.45) is -7.91. The monoisotopic (exact) mass is 295 g/mol. The van der Waals surface area contributed by atoms with E-state index in [1.54, 1.807) is 30.3 Å². The minimum atomic E-state index is -1.53. The summed E-state index contributed by atoms with van der Waals surface area (Å²) in [5.74, 6) is 0. The first-order valence-electron chi connectivity index (χ1n) is 6.49. The molecular weight excluding hydrogens is 278 g/mol. The van der Waals surface area contributed by atoms with Crippen LogP contribution in [0.2, 0.25) is 0 Å². The van der Waals surface area contributed by atoms with Crippen LogP contribution >= 0.6 is 0 Å². The fraction of sp³-hybridized carbons (Fsp3) is 0.500. The third-order valence-corrected chi connectivity index (χ3v) is 3.34. The number of ether oxygens (including phenoxy) is 2. The van der Waals surface area contributed by atoms with Crippen LogP contribution in [0, 0.1) is 11.3 Å². The number of nitriles is 1. The van der Waals surface area contributed by atoms with Gasteiger partial charge in [-0.2, -0.15) is 5.26 Å². The Morgan fingerprint density at radius 1 is 1.14 bits per heavy atom. The van der Waals surface area contributed by atoms with Gasteiger partial charge in [-0.15, -0.1) is 0 Å². The van der Waals surface area contributed by atoms with Gasteiger partial charge in [0.05, 0.1) is 12.7 Å². The Kier molecular flexibility index (Phi) is 5.25. The maximum Gasteiger partial charge on any atom is 0.188 e. The van der Waals surface area contributed by atoms with Crippen molar-refractivity contribution in [1.82, 2.24) is 0 Å². The molecule has 0 radical (unpaired) electrons. The van der Waals surface area contributed by atoms with Crippen molar-refractivity contribution in [2.24, 2.45) is 0 Å². The van der Waals surface area contributed by atoms with E-state index in [1.807, 2.05) is 6.07 Å². The summed E-state index contributed by atoms with van der Waals surface area (Å²) in [5.41, 5.74) is 0.567. The minimum Gasteiger partial charge on any atom is -0.394 e. The predicted octanol–water partition coefficient (Wildman–Crippen LogP) is -0.932. The van der Waals surface area contributed by atoms with Crippen molar-refractivity contribution >= 4 is 0 Å². The third kappa shape index (κ3) is 3.39. The van der Waals surface area contributed by atoms with Crippen molar-refractivity contribution in [3.8, 4) is 6.07 Å². The molecule has 0 aromatic heterocycles. The number of aliphatic hydroxyl groups excluding tert-OH is 4. The van der Waals surface area contributed by atoms with E-state index < -0.39 is 43.4 Å². The molecule has 4 N–H and O–H groups in total. The molecule has 0 aliphatic carbocycles. The number of nitrogens with zero attached hydrogens (tertiary/aromatic N) is 1. The minimum absolute atomic E-state index is 0.548. The van der Waals surface area contributed by atoms with Gasteiger partial charge in [0.1, 0.15) is 24.4 Å². The Bertz CT molecular complexity index is 488. The van der Waals surface area contributed by atoms with Crippen molar-refractivity contribution in [2.45, 2.75) is 36.8 Å².